The summed E-state index contributed by atoms with van der Waals surface area (Å²) in [7, 11) is 0. The fourth-order valence-corrected chi connectivity index (χ4v) is 0.988. The van der Waals surface area contributed by atoms with Crippen molar-refractivity contribution in [3.8, 4) is 0 Å². The van der Waals surface area contributed by atoms with Crippen LogP contribution in [0.3, 0.4) is 0 Å². The quantitative estimate of drug-likeness (QED) is 0.699. The molecule has 1 aliphatic heterocycles. The molecule has 0 bridgehead atoms. The van der Waals surface area contributed by atoms with Crippen LogP contribution in [-0.4, -0.2) is 12.5 Å². The molecule has 2 N–H and O–H groups in total. The summed E-state index contributed by atoms with van der Waals surface area (Å²) in [6.07, 6.45) is 1.63. The Morgan fingerprint density at radius 3 is 2.27 bits per heavy atom. The van der Waals surface area contributed by atoms with E-state index in [0.29, 0.717) is 6.67 Å². The molecule has 0 aromatic heterocycles. The van der Waals surface area contributed by atoms with Crippen LogP contribution >= 0.6 is 0 Å². The maximum absolute atomic E-state index is 4.19. The number of allylic oxidation sites excluding steroid dienone is 1. The largest absolute Gasteiger partial charge is 0.363 e. The highest BCUT2D eigenvalue weighted by Gasteiger charge is 2.11. The van der Waals surface area contributed by atoms with Crippen molar-refractivity contribution in [1.82, 2.24) is 10.6 Å². The van der Waals surface area contributed by atoms with Crippen molar-refractivity contribution in [2.75, 3.05) is 6.67 Å². The van der Waals surface area contributed by atoms with Crippen LogP contribution in [-0.2, 0) is 0 Å². The van der Waals surface area contributed by atoms with Gasteiger partial charge in [-0.1, -0.05) is 34.3 Å². The predicted molar refractivity (Wildman–Crippen MR) is 69.8 cm³/mol. The standard InChI is InChI=1S/C8H13N3.2C2H6/c1-4-9-8-7(6(2)3)10-5-11-8;2*1-2/h4,10H,1,5H2,2-3H3,(H,9,11);2*1-2H3. The van der Waals surface area contributed by atoms with E-state index in [-0.39, 0.29) is 0 Å². The average molecular weight is 211 g/mol. The number of hydrogen-bond donors (Lipinski definition) is 2. The van der Waals surface area contributed by atoms with E-state index in [1.807, 2.05) is 41.5 Å². The van der Waals surface area contributed by atoms with Crippen LogP contribution in [0.2, 0.25) is 0 Å². The van der Waals surface area contributed by atoms with Crippen LogP contribution in [0.4, 0.5) is 0 Å². The zero-order chi connectivity index (χ0) is 12.3. The number of amidine groups is 1. The summed E-state index contributed by atoms with van der Waals surface area (Å²) in [5, 5.41) is 6.13. The zero-order valence-electron chi connectivity index (χ0n) is 10.9. The van der Waals surface area contributed by atoms with Crippen molar-refractivity contribution >= 4 is 5.84 Å². The lowest BCUT2D eigenvalue weighted by Gasteiger charge is -2.04. The van der Waals surface area contributed by atoms with Gasteiger partial charge in [-0.25, -0.2) is 4.99 Å². The van der Waals surface area contributed by atoms with Gasteiger partial charge in [-0.3, -0.25) is 0 Å². The van der Waals surface area contributed by atoms with Crippen LogP contribution in [0, 0.1) is 0 Å². The molecule has 3 nitrogen and oxygen atoms in total. The first-order valence-corrected chi connectivity index (χ1v) is 5.59. The number of aliphatic imine (C=N–C) groups is 1. The van der Waals surface area contributed by atoms with Crippen molar-refractivity contribution in [3.05, 3.63) is 24.0 Å². The lowest BCUT2D eigenvalue weighted by atomic mass is 10.2. The van der Waals surface area contributed by atoms with Gasteiger partial charge in [-0.05, 0) is 25.6 Å². The first-order chi connectivity index (χ1) is 7.25. The molecule has 0 spiro atoms. The number of hydrogen-bond acceptors (Lipinski definition) is 3. The Hall–Kier alpha value is -1.25. The second-order valence-electron chi connectivity index (χ2n) is 2.57. The highest BCUT2D eigenvalue weighted by atomic mass is 15.2. The summed E-state index contributed by atoms with van der Waals surface area (Å²) in [6.45, 7) is 16.3. The van der Waals surface area contributed by atoms with Gasteiger partial charge in [0, 0.05) is 0 Å². The lowest BCUT2D eigenvalue weighted by molar-refractivity contribution is 0.897. The minimum atomic E-state index is 0.663. The molecular weight excluding hydrogens is 186 g/mol. The Morgan fingerprint density at radius 1 is 1.33 bits per heavy atom. The molecule has 0 aliphatic carbocycles. The molecule has 1 rings (SSSR count). The van der Waals surface area contributed by atoms with Crippen LogP contribution in [0.5, 0.6) is 0 Å². The third kappa shape index (κ3) is 5.94. The highest BCUT2D eigenvalue weighted by molar-refractivity contribution is 6.00. The van der Waals surface area contributed by atoms with Gasteiger partial charge in [-0.2, -0.15) is 0 Å². The van der Waals surface area contributed by atoms with E-state index in [1.54, 1.807) is 6.20 Å². The van der Waals surface area contributed by atoms with Crippen molar-refractivity contribution in [1.29, 1.82) is 0 Å². The molecule has 0 aromatic rings. The average Bonchev–Trinajstić information content (AvgIpc) is 2.73. The van der Waals surface area contributed by atoms with E-state index < -0.39 is 0 Å². The molecule has 0 amide bonds. The predicted octanol–water partition coefficient (Wildman–Crippen LogP) is 3.03. The Morgan fingerprint density at radius 2 is 1.87 bits per heavy atom. The smallest absolute Gasteiger partial charge is 0.150 e. The zero-order valence-corrected chi connectivity index (χ0v) is 10.9. The molecule has 0 saturated carbocycles. The lowest BCUT2D eigenvalue weighted by Crippen LogP contribution is -2.22. The van der Waals surface area contributed by atoms with E-state index in [0.717, 1.165) is 11.5 Å². The SMILES string of the molecule is C=CNC1=NCNC1=C(C)C.CC.CC. The third-order valence-corrected chi connectivity index (χ3v) is 1.47. The van der Waals surface area contributed by atoms with Gasteiger partial charge in [0.2, 0.25) is 0 Å². The van der Waals surface area contributed by atoms with Gasteiger partial charge >= 0.3 is 0 Å². The second-order valence-corrected chi connectivity index (χ2v) is 2.57. The molecule has 0 radical (unpaired) electrons. The van der Waals surface area contributed by atoms with E-state index in [1.165, 1.54) is 5.57 Å². The molecule has 1 heterocycles. The molecule has 3 heteroatoms. The summed E-state index contributed by atoms with van der Waals surface area (Å²) in [5.74, 6) is 0.889. The minimum absolute atomic E-state index is 0.663. The first-order valence-electron chi connectivity index (χ1n) is 5.59. The second kappa shape index (κ2) is 10.8. The van der Waals surface area contributed by atoms with Crippen LogP contribution < -0.4 is 10.6 Å². The maximum atomic E-state index is 4.19. The van der Waals surface area contributed by atoms with Gasteiger partial charge < -0.3 is 10.6 Å². The molecule has 0 aromatic carbocycles. The van der Waals surface area contributed by atoms with Gasteiger partial charge in [0.25, 0.3) is 0 Å². The van der Waals surface area contributed by atoms with Crippen LogP contribution in [0.15, 0.2) is 29.0 Å². The Labute approximate surface area is 94.4 Å². The molecule has 1 aliphatic rings. The van der Waals surface area contributed by atoms with E-state index in [9.17, 15) is 0 Å². The van der Waals surface area contributed by atoms with Crippen molar-refractivity contribution in [2.45, 2.75) is 41.5 Å². The third-order valence-electron chi connectivity index (χ3n) is 1.47. The highest BCUT2D eigenvalue weighted by Crippen LogP contribution is 2.05. The molecular formula is C12H25N3. The fourth-order valence-electron chi connectivity index (χ4n) is 0.988. The summed E-state index contributed by atoms with van der Waals surface area (Å²) in [4.78, 5) is 4.19. The van der Waals surface area contributed by atoms with Gasteiger partial charge in [0.1, 0.15) is 12.5 Å². The van der Waals surface area contributed by atoms with Crippen molar-refractivity contribution in [3.63, 3.8) is 0 Å². The van der Waals surface area contributed by atoms with Gasteiger partial charge in [-0.15, -0.1) is 0 Å². The topological polar surface area (TPSA) is 36.4 Å². The van der Waals surface area contributed by atoms with E-state index >= 15 is 0 Å². The van der Waals surface area contributed by atoms with Crippen LogP contribution in [0.1, 0.15) is 41.5 Å². The minimum Gasteiger partial charge on any atom is -0.363 e. The number of rotatable bonds is 1. The van der Waals surface area contributed by atoms with Crippen molar-refractivity contribution < 1.29 is 0 Å². The molecule has 15 heavy (non-hydrogen) atoms. The summed E-state index contributed by atoms with van der Waals surface area (Å²) in [6, 6.07) is 0. The molecule has 0 fully saturated rings. The molecule has 88 valence electrons. The van der Waals surface area contributed by atoms with Crippen LogP contribution in [0.25, 0.3) is 0 Å². The number of nitrogens with one attached hydrogen (secondary N) is 2. The molecule has 0 saturated heterocycles. The summed E-state index contributed by atoms with van der Waals surface area (Å²) < 4.78 is 0. The molecule has 0 unspecified atom stereocenters. The normalized spacial score (nSPS) is 12.1. The fraction of sp³-hybridized carbons (Fsp3) is 0.583. The Balaban J connectivity index is 0. The summed E-state index contributed by atoms with van der Waals surface area (Å²) >= 11 is 0. The van der Waals surface area contributed by atoms with E-state index in [2.05, 4.69) is 22.2 Å². The molecule has 0 atom stereocenters. The first kappa shape index (κ1) is 16.2. The van der Waals surface area contributed by atoms with E-state index in [4.69, 9.17) is 0 Å². The summed E-state index contributed by atoms with van der Waals surface area (Å²) in [5.41, 5.74) is 2.32. The van der Waals surface area contributed by atoms with Gasteiger partial charge in [0.15, 0.2) is 0 Å². The monoisotopic (exact) mass is 211 g/mol. The Bertz CT molecular complexity index is 223. The Kier molecular flexibility index (Phi) is 11.7. The van der Waals surface area contributed by atoms with Crippen molar-refractivity contribution in [2.24, 2.45) is 4.99 Å². The number of nitrogens with zero attached hydrogens (tertiary/aromatic N) is 1. The maximum Gasteiger partial charge on any atom is 0.150 e. The van der Waals surface area contributed by atoms with Gasteiger partial charge in [0.05, 0.1) is 5.70 Å².